The monoisotopic (exact) mass is 496 g/mol. The van der Waals surface area contributed by atoms with Gasteiger partial charge in [0.05, 0.1) is 33.0 Å². The van der Waals surface area contributed by atoms with Crippen LogP contribution in [0.5, 0.6) is 5.75 Å². The molecule has 192 valence electrons. The minimum absolute atomic E-state index is 0.0520. The normalized spacial score (nSPS) is 12.8. The molecule has 0 radical (unpaired) electrons. The molecule has 0 saturated heterocycles. The lowest BCUT2D eigenvalue weighted by Gasteiger charge is -2.20. The summed E-state index contributed by atoms with van der Waals surface area (Å²) in [5.74, 6) is 0.872. The van der Waals surface area contributed by atoms with Crippen molar-refractivity contribution in [3.05, 3.63) is 42.5 Å². The number of ether oxygens (including phenoxy) is 3. The zero-order valence-electron chi connectivity index (χ0n) is 20.4. The zero-order valence-corrected chi connectivity index (χ0v) is 21.3. The zero-order chi connectivity index (χ0) is 24.5. The van der Waals surface area contributed by atoms with E-state index in [2.05, 4.69) is 29.6 Å². The molecule has 2 aromatic carbocycles. The first-order valence-electron chi connectivity index (χ1n) is 12.5. The van der Waals surface area contributed by atoms with Gasteiger partial charge in [-0.25, -0.2) is 4.57 Å². The third kappa shape index (κ3) is 12.8. The van der Waals surface area contributed by atoms with Crippen LogP contribution < -0.4 is 4.74 Å². The van der Waals surface area contributed by atoms with Crippen molar-refractivity contribution in [3.8, 4) is 5.75 Å². The van der Waals surface area contributed by atoms with Gasteiger partial charge >= 0.3 is 7.82 Å². The van der Waals surface area contributed by atoms with E-state index in [0.717, 1.165) is 29.4 Å². The number of benzene rings is 2. The Balaban J connectivity index is 1.76. The smallest absolute Gasteiger partial charge is 0.469 e. The lowest BCUT2D eigenvalue weighted by molar-refractivity contribution is 0.00254. The van der Waals surface area contributed by atoms with Gasteiger partial charge in [-0.3, -0.25) is 4.52 Å². The number of fused-ring (bicyclic) bond motifs is 1. The number of phosphoric acid groups is 1. The molecule has 7 nitrogen and oxygen atoms in total. The largest absolute Gasteiger partial charge is 0.487 e. The van der Waals surface area contributed by atoms with E-state index in [-0.39, 0.29) is 19.3 Å². The van der Waals surface area contributed by atoms with E-state index in [4.69, 9.17) is 24.0 Å². The Morgan fingerprint density at radius 1 is 0.794 bits per heavy atom. The van der Waals surface area contributed by atoms with Crippen molar-refractivity contribution >= 4 is 18.6 Å². The molecule has 1 atom stereocenters. The van der Waals surface area contributed by atoms with E-state index in [0.29, 0.717) is 19.8 Å². The van der Waals surface area contributed by atoms with Gasteiger partial charge in [-0.05, 0) is 24.3 Å². The molecule has 0 aliphatic heterocycles. The first kappa shape index (κ1) is 28.8. The van der Waals surface area contributed by atoms with E-state index in [1.807, 2.05) is 24.3 Å². The van der Waals surface area contributed by atoms with Crippen LogP contribution in [-0.2, 0) is 18.6 Å². The summed E-state index contributed by atoms with van der Waals surface area (Å²) in [6.45, 7) is 3.34. The van der Waals surface area contributed by atoms with Crippen LogP contribution in [0.4, 0.5) is 0 Å². The molecule has 2 N–H and O–H groups in total. The maximum absolute atomic E-state index is 10.6. The molecular formula is C26H41O7P. The van der Waals surface area contributed by atoms with Gasteiger partial charge in [0.2, 0.25) is 0 Å². The number of unbranched alkanes of at least 4 members (excludes halogenated alkanes) is 7. The molecule has 0 bridgehead atoms. The average molecular weight is 497 g/mol. The molecule has 8 heteroatoms. The summed E-state index contributed by atoms with van der Waals surface area (Å²) >= 11 is 0. The highest BCUT2D eigenvalue weighted by atomic mass is 31.2. The number of hydrogen-bond acceptors (Lipinski definition) is 5. The fourth-order valence-electron chi connectivity index (χ4n) is 3.81. The second-order valence-corrected chi connectivity index (χ2v) is 9.73. The Labute approximate surface area is 204 Å². The van der Waals surface area contributed by atoms with E-state index >= 15 is 0 Å². The summed E-state index contributed by atoms with van der Waals surface area (Å²) in [4.78, 5) is 17.3. The van der Waals surface area contributed by atoms with E-state index in [1.54, 1.807) is 0 Å². The highest BCUT2D eigenvalue weighted by Gasteiger charge is 2.14. The fourth-order valence-corrected chi connectivity index (χ4v) is 4.12. The van der Waals surface area contributed by atoms with Gasteiger partial charge < -0.3 is 24.0 Å². The van der Waals surface area contributed by atoms with Crippen LogP contribution in [0, 0.1) is 0 Å². The van der Waals surface area contributed by atoms with Crippen molar-refractivity contribution in [1.29, 1.82) is 0 Å². The van der Waals surface area contributed by atoms with Gasteiger partial charge in [0.25, 0.3) is 0 Å². The molecule has 0 aliphatic rings. The van der Waals surface area contributed by atoms with Crippen molar-refractivity contribution < 1.29 is 33.1 Å². The summed E-state index contributed by atoms with van der Waals surface area (Å²) in [5.41, 5.74) is 0. The molecule has 0 aromatic heterocycles. The predicted octanol–water partition coefficient (Wildman–Crippen LogP) is 6.26. The molecule has 0 heterocycles. The highest BCUT2D eigenvalue weighted by Crippen LogP contribution is 2.35. The maximum Gasteiger partial charge on any atom is 0.469 e. The first-order chi connectivity index (χ1) is 16.5. The summed E-state index contributed by atoms with van der Waals surface area (Å²) in [6.07, 6.45) is 11.0. The van der Waals surface area contributed by atoms with Crippen molar-refractivity contribution in [2.24, 2.45) is 0 Å². The lowest BCUT2D eigenvalue weighted by Crippen LogP contribution is -2.24. The number of rotatable bonds is 20. The summed E-state index contributed by atoms with van der Waals surface area (Å²) in [7, 11) is -4.44. The third-order valence-corrected chi connectivity index (χ3v) is 6.10. The number of phosphoric ester groups is 1. The van der Waals surface area contributed by atoms with Crippen molar-refractivity contribution in [2.45, 2.75) is 70.8 Å². The minimum Gasteiger partial charge on any atom is -0.487 e. The Bertz CT molecular complexity index is 834. The second kappa shape index (κ2) is 17.0. The quantitative estimate of drug-likeness (QED) is 0.165. The van der Waals surface area contributed by atoms with Crippen molar-refractivity contribution in [2.75, 3.05) is 33.0 Å². The van der Waals surface area contributed by atoms with Crippen LogP contribution in [0.1, 0.15) is 64.7 Å². The van der Waals surface area contributed by atoms with Crippen LogP contribution in [0.15, 0.2) is 42.5 Å². The molecule has 1 unspecified atom stereocenters. The number of hydrogen-bond donors (Lipinski definition) is 2. The van der Waals surface area contributed by atoms with E-state index in [9.17, 15) is 4.57 Å². The predicted molar refractivity (Wildman–Crippen MR) is 135 cm³/mol. The first-order valence-corrected chi connectivity index (χ1v) is 14.0. The van der Waals surface area contributed by atoms with Gasteiger partial charge in [-0.15, -0.1) is 0 Å². The Kier molecular flexibility index (Phi) is 14.4. The summed E-state index contributed by atoms with van der Waals surface area (Å²) in [6, 6.07) is 14.3. The average Bonchev–Trinajstić information content (AvgIpc) is 2.81. The lowest BCUT2D eigenvalue weighted by atomic mass is 10.1. The third-order valence-electron chi connectivity index (χ3n) is 5.59. The standard InChI is InChI=1S/C26H41O7P/c1-2-3-4-5-6-7-8-9-15-24(22-31-19-18-30-20-21-32-34(27,28)29)33-26-17-12-14-23-13-10-11-16-25(23)26/h10-14,16-17,24H,2-9,15,18-22H2,1H3,(H2,27,28,29). The second-order valence-electron chi connectivity index (χ2n) is 8.49. The Morgan fingerprint density at radius 2 is 1.44 bits per heavy atom. The fraction of sp³-hybridized carbons (Fsp3) is 0.615. The minimum atomic E-state index is -4.44. The molecule has 2 aromatic rings. The van der Waals surface area contributed by atoms with Crippen LogP contribution >= 0.6 is 7.82 Å². The topological polar surface area (TPSA) is 94.5 Å². The van der Waals surface area contributed by atoms with Crippen molar-refractivity contribution in [3.63, 3.8) is 0 Å². The van der Waals surface area contributed by atoms with Crippen LogP contribution in [0.25, 0.3) is 10.8 Å². The van der Waals surface area contributed by atoms with Crippen LogP contribution in [-0.4, -0.2) is 48.9 Å². The van der Waals surface area contributed by atoms with E-state index in [1.165, 1.54) is 44.9 Å². The molecule has 0 amide bonds. The highest BCUT2D eigenvalue weighted by molar-refractivity contribution is 7.46. The van der Waals surface area contributed by atoms with Crippen LogP contribution in [0.3, 0.4) is 0 Å². The molecule has 0 aliphatic carbocycles. The molecule has 0 spiro atoms. The summed E-state index contributed by atoms with van der Waals surface area (Å²) < 4.78 is 32.5. The van der Waals surface area contributed by atoms with Gasteiger partial charge in [0, 0.05) is 5.39 Å². The molecule has 2 rings (SSSR count). The Hall–Kier alpha value is -1.47. The Morgan fingerprint density at radius 3 is 2.21 bits per heavy atom. The molecular weight excluding hydrogens is 455 g/mol. The molecule has 0 saturated carbocycles. The van der Waals surface area contributed by atoms with Crippen LogP contribution in [0.2, 0.25) is 0 Å². The van der Waals surface area contributed by atoms with Crippen molar-refractivity contribution in [1.82, 2.24) is 0 Å². The summed E-state index contributed by atoms with van der Waals surface area (Å²) in [5, 5.41) is 2.25. The van der Waals surface area contributed by atoms with Gasteiger partial charge in [-0.1, -0.05) is 88.3 Å². The molecule has 0 fully saturated rings. The maximum atomic E-state index is 10.6. The van der Waals surface area contributed by atoms with Gasteiger partial charge in [0.15, 0.2) is 0 Å². The SMILES string of the molecule is CCCCCCCCCCC(COCCOCCOP(=O)(O)O)Oc1cccc2ccccc12. The molecule has 34 heavy (non-hydrogen) atoms. The van der Waals surface area contributed by atoms with Gasteiger partial charge in [-0.2, -0.15) is 0 Å². The van der Waals surface area contributed by atoms with E-state index < -0.39 is 7.82 Å². The van der Waals surface area contributed by atoms with Gasteiger partial charge in [0.1, 0.15) is 11.9 Å².